The van der Waals surface area contributed by atoms with E-state index in [0.29, 0.717) is 36.1 Å². The van der Waals surface area contributed by atoms with E-state index in [1.807, 2.05) is 26.0 Å². The zero-order chi connectivity index (χ0) is 18.7. The summed E-state index contributed by atoms with van der Waals surface area (Å²) in [6.45, 7) is 4.72. The molecule has 0 aromatic carbocycles. The van der Waals surface area contributed by atoms with Crippen molar-refractivity contribution in [2.24, 2.45) is 0 Å². The fourth-order valence-corrected chi connectivity index (χ4v) is 2.83. The normalized spacial score (nSPS) is 10.9. The van der Waals surface area contributed by atoms with Gasteiger partial charge in [-0.1, -0.05) is 29.3 Å². The Morgan fingerprint density at radius 1 is 1.23 bits per heavy atom. The van der Waals surface area contributed by atoms with E-state index in [-0.39, 0.29) is 5.56 Å². The maximum Gasteiger partial charge on any atom is 0.352 e. The van der Waals surface area contributed by atoms with Gasteiger partial charge in [0, 0.05) is 18.9 Å². The molecule has 0 saturated carbocycles. The van der Waals surface area contributed by atoms with Crippen molar-refractivity contribution >= 4 is 11.6 Å². The molecule has 3 heterocycles. The molecule has 0 radical (unpaired) electrons. The molecular weight excluding hydrogens is 352 g/mol. The zero-order valence-corrected chi connectivity index (χ0v) is 15.4. The van der Waals surface area contributed by atoms with Crippen molar-refractivity contribution in [1.82, 2.24) is 19.1 Å². The minimum atomic E-state index is -0.529. The van der Waals surface area contributed by atoms with Gasteiger partial charge in [0.05, 0.1) is 12.1 Å². The summed E-state index contributed by atoms with van der Waals surface area (Å²) in [5.41, 5.74) is 1.62. The molecule has 1 aromatic heterocycles. The second-order valence-electron chi connectivity index (χ2n) is 6.28. The lowest BCUT2D eigenvalue weighted by Crippen LogP contribution is -2.38. The van der Waals surface area contributed by atoms with Gasteiger partial charge in [0.2, 0.25) is 0 Å². The summed E-state index contributed by atoms with van der Waals surface area (Å²) in [6.07, 6.45) is 6.06. The van der Waals surface area contributed by atoms with Crippen LogP contribution in [-0.2, 0) is 13.1 Å². The van der Waals surface area contributed by atoms with Crippen LogP contribution in [-0.4, -0.2) is 19.1 Å². The van der Waals surface area contributed by atoms with Crippen LogP contribution in [0.2, 0.25) is 5.15 Å². The van der Waals surface area contributed by atoms with Gasteiger partial charge < -0.3 is 4.57 Å². The van der Waals surface area contributed by atoms with Gasteiger partial charge in [-0.2, -0.15) is 4.98 Å². The van der Waals surface area contributed by atoms with Crippen molar-refractivity contribution in [2.75, 3.05) is 0 Å². The SMILES string of the molecule is CC(C)=CCCn1c(=O)nc2n(Cc3ccc(Cl)nc3)cccc-2c1=O. The van der Waals surface area contributed by atoms with Crippen molar-refractivity contribution in [2.45, 2.75) is 33.4 Å². The van der Waals surface area contributed by atoms with E-state index in [4.69, 9.17) is 11.6 Å². The van der Waals surface area contributed by atoms with Crippen LogP contribution in [0.5, 0.6) is 0 Å². The molecule has 3 rings (SSSR count). The largest absolute Gasteiger partial charge is 0.352 e. The molecule has 0 atom stereocenters. The highest BCUT2D eigenvalue weighted by molar-refractivity contribution is 6.29. The molecule has 0 unspecified atom stereocenters. The average Bonchev–Trinajstić information content (AvgIpc) is 2.60. The van der Waals surface area contributed by atoms with E-state index in [2.05, 4.69) is 9.97 Å². The molecule has 134 valence electrons. The molecule has 2 aliphatic heterocycles. The highest BCUT2D eigenvalue weighted by Crippen LogP contribution is 2.15. The lowest BCUT2D eigenvalue weighted by atomic mass is 10.2. The van der Waals surface area contributed by atoms with Crippen molar-refractivity contribution < 1.29 is 0 Å². The fourth-order valence-electron chi connectivity index (χ4n) is 2.72. The molecule has 0 bridgehead atoms. The van der Waals surface area contributed by atoms with Gasteiger partial charge in [-0.25, -0.2) is 9.78 Å². The molecule has 0 N–H and O–H groups in total. The summed E-state index contributed by atoms with van der Waals surface area (Å²) in [7, 11) is 0. The standard InChI is InChI=1S/C19H19ClN4O2/c1-13(2)5-3-10-24-18(25)15-6-4-9-23(17(15)22-19(24)26)12-14-7-8-16(20)21-11-14/h4-9,11H,3,10,12H2,1-2H3. The molecule has 0 aliphatic carbocycles. The predicted molar refractivity (Wildman–Crippen MR) is 102 cm³/mol. The summed E-state index contributed by atoms with van der Waals surface area (Å²) < 4.78 is 2.96. The van der Waals surface area contributed by atoms with Crippen LogP contribution >= 0.6 is 11.6 Å². The maximum atomic E-state index is 12.7. The Kier molecular flexibility index (Phi) is 5.32. The van der Waals surface area contributed by atoms with E-state index in [1.54, 1.807) is 35.2 Å². The van der Waals surface area contributed by atoms with Gasteiger partial charge in [0.1, 0.15) is 5.15 Å². The van der Waals surface area contributed by atoms with Crippen molar-refractivity contribution in [3.8, 4) is 11.4 Å². The molecule has 0 amide bonds. The van der Waals surface area contributed by atoms with Gasteiger partial charge in [-0.05, 0) is 44.0 Å². The van der Waals surface area contributed by atoms with E-state index >= 15 is 0 Å². The monoisotopic (exact) mass is 370 g/mol. The van der Waals surface area contributed by atoms with Crippen LogP contribution in [0.3, 0.4) is 0 Å². The number of fused-ring (bicyclic) bond motifs is 1. The number of hydrogen-bond donors (Lipinski definition) is 0. The third kappa shape index (κ3) is 3.91. The third-order valence-electron chi connectivity index (χ3n) is 4.00. The van der Waals surface area contributed by atoms with Crippen molar-refractivity contribution in [1.29, 1.82) is 0 Å². The molecule has 26 heavy (non-hydrogen) atoms. The molecule has 0 spiro atoms. The van der Waals surface area contributed by atoms with Crippen LogP contribution in [0.15, 0.2) is 57.9 Å². The summed E-state index contributed by atoms with van der Waals surface area (Å²) in [5.74, 6) is 0.371. The molecule has 1 aromatic rings. The number of halogens is 1. The number of allylic oxidation sites excluding steroid dienone is 2. The highest BCUT2D eigenvalue weighted by Gasteiger charge is 2.16. The molecule has 7 heteroatoms. The lowest BCUT2D eigenvalue weighted by molar-refractivity contribution is 0.626. The minimum Gasteiger partial charge on any atom is -0.328 e. The molecule has 2 aliphatic rings. The second-order valence-corrected chi connectivity index (χ2v) is 6.67. The van der Waals surface area contributed by atoms with Crippen LogP contribution in [0.25, 0.3) is 11.4 Å². The van der Waals surface area contributed by atoms with E-state index in [0.717, 1.165) is 11.1 Å². The molecular formula is C19H19ClN4O2. The first-order valence-electron chi connectivity index (χ1n) is 8.29. The Bertz CT molecular complexity index is 1030. The van der Waals surface area contributed by atoms with Crippen LogP contribution in [0, 0.1) is 0 Å². The smallest absolute Gasteiger partial charge is 0.328 e. The first-order valence-corrected chi connectivity index (χ1v) is 8.67. The Morgan fingerprint density at radius 2 is 2.04 bits per heavy atom. The summed E-state index contributed by atoms with van der Waals surface area (Å²) in [6, 6.07) is 7.02. The third-order valence-corrected chi connectivity index (χ3v) is 4.22. The summed E-state index contributed by atoms with van der Waals surface area (Å²) >= 11 is 5.81. The molecule has 0 fully saturated rings. The number of pyridine rings is 2. The van der Waals surface area contributed by atoms with Gasteiger partial charge >= 0.3 is 5.69 Å². The van der Waals surface area contributed by atoms with Crippen molar-refractivity contribution in [3.05, 3.63) is 79.9 Å². The van der Waals surface area contributed by atoms with E-state index < -0.39 is 5.69 Å². The van der Waals surface area contributed by atoms with Gasteiger partial charge in [0.25, 0.3) is 5.56 Å². The topological polar surface area (TPSA) is 69.8 Å². The second kappa shape index (κ2) is 7.66. The van der Waals surface area contributed by atoms with Crippen LogP contribution < -0.4 is 11.2 Å². The maximum absolute atomic E-state index is 12.7. The molecule has 6 nitrogen and oxygen atoms in total. The highest BCUT2D eigenvalue weighted by atomic mass is 35.5. The summed E-state index contributed by atoms with van der Waals surface area (Å²) in [4.78, 5) is 33.3. The van der Waals surface area contributed by atoms with Crippen LogP contribution in [0.4, 0.5) is 0 Å². The Balaban J connectivity index is 2.00. The Labute approximate surface area is 155 Å². The van der Waals surface area contributed by atoms with E-state index in [9.17, 15) is 9.59 Å². The van der Waals surface area contributed by atoms with Gasteiger partial charge in [-0.15, -0.1) is 0 Å². The zero-order valence-electron chi connectivity index (χ0n) is 14.6. The number of nitrogens with zero attached hydrogens (tertiary/aromatic N) is 4. The predicted octanol–water partition coefficient (Wildman–Crippen LogP) is 2.96. The minimum absolute atomic E-state index is 0.314. The first-order chi connectivity index (χ1) is 12.5. The Hall–Kier alpha value is -2.73. The van der Waals surface area contributed by atoms with Crippen LogP contribution in [0.1, 0.15) is 25.8 Å². The van der Waals surface area contributed by atoms with Gasteiger partial charge in [-0.3, -0.25) is 9.36 Å². The van der Waals surface area contributed by atoms with Crippen molar-refractivity contribution in [3.63, 3.8) is 0 Å². The summed E-state index contributed by atoms with van der Waals surface area (Å²) in [5, 5.41) is 0.413. The lowest BCUT2D eigenvalue weighted by Gasteiger charge is -2.15. The fraction of sp³-hybridized carbons (Fsp3) is 0.263. The Morgan fingerprint density at radius 3 is 2.73 bits per heavy atom. The number of hydrogen-bond acceptors (Lipinski definition) is 4. The van der Waals surface area contributed by atoms with E-state index in [1.165, 1.54) is 4.57 Å². The average molecular weight is 371 g/mol. The quantitative estimate of drug-likeness (QED) is 0.511. The number of rotatable bonds is 5. The first kappa shape index (κ1) is 18.1. The number of aromatic nitrogens is 4. The molecule has 0 saturated heterocycles. The van der Waals surface area contributed by atoms with Gasteiger partial charge in [0.15, 0.2) is 5.82 Å².